The van der Waals surface area contributed by atoms with Crippen LogP contribution in [0.2, 0.25) is 0 Å². The molecule has 0 bridgehead atoms. The molecule has 5 heteroatoms. The van der Waals surface area contributed by atoms with Gasteiger partial charge in [0.05, 0.1) is 17.4 Å². The molecule has 0 radical (unpaired) electrons. The maximum Gasteiger partial charge on any atom is 0.134 e. The number of aliphatic hydroxyl groups excluding tert-OH is 1. The van der Waals surface area contributed by atoms with Crippen LogP contribution in [0, 0.1) is 12.8 Å². The van der Waals surface area contributed by atoms with Crippen molar-refractivity contribution in [1.29, 1.82) is 0 Å². The summed E-state index contributed by atoms with van der Waals surface area (Å²) in [6, 6.07) is 4.36. The molecule has 3 rings (SSSR count). The van der Waals surface area contributed by atoms with Crippen LogP contribution in [0.3, 0.4) is 0 Å². The molecule has 2 aromatic rings. The van der Waals surface area contributed by atoms with Crippen LogP contribution in [-0.2, 0) is 0 Å². The van der Waals surface area contributed by atoms with Gasteiger partial charge in [0.1, 0.15) is 5.69 Å². The van der Waals surface area contributed by atoms with Crippen LogP contribution in [0.1, 0.15) is 37.3 Å². The topological polar surface area (TPSA) is 77.0 Å². The Kier molecular flexibility index (Phi) is 3.92. The summed E-state index contributed by atoms with van der Waals surface area (Å²) >= 11 is 0. The van der Waals surface area contributed by atoms with Gasteiger partial charge in [0.25, 0.3) is 0 Å². The summed E-state index contributed by atoms with van der Waals surface area (Å²) in [4.78, 5) is 4.40. The lowest BCUT2D eigenvalue weighted by Gasteiger charge is -2.27. The molecule has 2 heterocycles. The molecule has 112 valence electrons. The maximum atomic E-state index is 9.22. The van der Waals surface area contributed by atoms with E-state index in [1.54, 1.807) is 0 Å². The molecule has 0 spiro atoms. The van der Waals surface area contributed by atoms with Crippen molar-refractivity contribution in [3.05, 3.63) is 30.1 Å². The molecule has 1 aliphatic carbocycles. The summed E-state index contributed by atoms with van der Waals surface area (Å²) < 4.78 is 1.99. The molecule has 1 aliphatic rings. The van der Waals surface area contributed by atoms with Gasteiger partial charge in [0.15, 0.2) is 0 Å². The van der Waals surface area contributed by atoms with Gasteiger partial charge in [-0.05, 0) is 50.2 Å². The van der Waals surface area contributed by atoms with Gasteiger partial charge in [-0.1, -0.05) is 6.07 Å². The minimum absolute atomic E-state index is 0.298. The van der Waals surface area contributed by atoms with Gasteiger partial charge >= 0.3 is 0 Å². The van der Waals surface area contributed by atoms with E-state index in [4.69, 9.17) is 5.73 Å². The monoisotopic (exact) mass is 286 g/mol. The van der Waals surface area contributed by atoms with Gasteiger partial charge in [-0.3, -0.25) is 9.67 Å². The predicted octanol–water partition coefficient (Wildman–Crippen LogP) is 2.56. The highest BCUT2D eigenvalue weighted by Crippen LogP contribution is 2.33. The van der Waals surface area contributed by atoms with E-state index in [1.165, 1.54) is 0 Å². The summed E-state index contributed by atoms with van der Waals surface area (Å²) in [6.45, 7) is 2.31. The third-order valence-corrected chi connectivity index (χ3v) is 4.36. The van der Waals surface area contributed by atoms with E-state index in [0.717, 1.165) is 42.6 Å². The summed E-state index contributed by atoms with van der Waals surface area (Å²) in [7, 11) is 0. The van der Waals surface area contributed by atoms with Gasteiger partial charge in [-0.2, -0.15) is 5.10 Å². The van der Waals surface area contributed by atoms with Crippen molar-refractivity contribution in [2.45, 2.75) is 38.6 Å². The van der Waals surface area contributed by atoms with Crippen LogP contribution >= 0.6 is 0 Å². The number of pyridine rings is 1. The van der Waals surface area contributed by atoms with E-state index in [1.807, 2.05) is 36.1 Å². The number of nitrogen functional groups attached to an aromatic ring is 1. The average molecular weight is 286 g/mol. The molecule has 1 fully saturated rings. The van der Waals surface area contributed by atoms with Crippen LogP contribution in [0.4, 0.5) is 5.69 Å². The molecule has 5 nitrogen and oxygen atoms in total. The number of aliphatic hydroxyl groups is 1. The second kappa shape index (κ2) is 5.85. The first-order valence-corrected chi connectivity index (χ1v) is 7.56. The second-order valence-electron chi connectivity index (χ2n) is 5.99. The van der Waals surface area contributed by atoms with Crippen molar-refractivity contribution in [1.82, 2.24) is 14.8 Å². The van der Waals surface area contributed by atoms with Crippen molar-refractivity contribution in [2.75, 3.05) is 12.3 Å². The standard InChI is InChI=1S/C16H22N4O/c1-11-2-7-15(18-8-11)16-14(17)9-20(19-16)13-5-3-12(10-21)4-6-13/h2,7-9,12-13,21H,3-6,10,17H2,1H3/t12-,13-. The molecule has 21 heavy (non-hydrogen) atoms. The molecular weight excluding hydrogens is 264 g/mol. The largest absolute Gasteiger partial charge is 0.396 e. The molecule has 0 saturated heterocycles. The third-order valence-electron chi connectivity index (χ3n) is 4.36. The Labute approximate surface area is 124 Å². The molecular formula is C16H22N4O. The van der Waals surface area contributed by atoms with E-state index in [9.17, 15) is 5.11 Å². The maximum absolute atomic E-state index is 9.22. The third kappa shape index (κ3) is 2.93. The normalized spacial score (nSPS) is 22.4. The number of hydrogen-bond donors (Lipinski definition) is 2. The number of nitrogens with zero attached hydrogens (tertiary/aromatic N) is 3. The Morgan fingerprint density at radius 2 is 2.05 bits per heavy atom. The summed E-state index contributed by atoms with van der Waals surface area (Å²) in [5.41, 5.74) is 9.49. The first kappa shape index (κ1) is 14.1. The Morgan fingerprint density at radius 1 is 1.29 bits per heavy atom. The highest BCUT2D eigenvalue weighted by molar-refractivity contribution is 5.68. The van der Waals surface area contributed by atoms with E-state index >= 15 is 0 Å². The van der Waals surface area contributed by atoms with Gasteiger partial charge in [-0.25, -0.2) is 0 Å². The van der Waals surface area contributed by atoms with E-state index < -0.39 is 0 Å². The first-order chi connectivity index (χ1) is 10.2. The fourth-order valence-electron chi connectivity index (χ4n) is 2.99. The molecule has 2 aromatic heterocycles. The number of anilines is 1. The van der Waals surface area contributed by atoms with Crippen molar-refractivity contribution in [3.8, 4) is 11.4 Å². The van der Waals surface area contributed by atoms with Gasteiger partial charge < -0.3 is 10.8 Å². The lowest BCUT2D eigenvalue weighted by atomic mass is 9.87. The molecule has 0 atom stereocenters. The zero-order valence-corrected chi connectivity index (χ0v) is 12.4. The summed E-state index contributed by atoms with van der Waals surface area (Å²) in [6.07, 6.45) is 7.96. The molecule has 1 saturated carbocycles. The molecule has 0 aromatic carbocycles. The molecule has 3 N–H and O–H groups in total. The minimum Gasteiger partial charge on any atom is -0.396 e. The number of aromatic nitrogens is 3. The lowest BCUT2D eigenvalue weighted by Crippen LogP contribution is -2.20. The molecule has 0 unspecified atom stereocenters. The first-order valence-electron chi connectivity index (χ1n) is 7.56. The number of hydrogen-bond acceptors (Lipinski definition) is 4. The molecule has 0 amide bonds. The van der Waals surface area contributed by atoms with Crippen LogP contribution in [0.25, 0.3) is 11.4 Å². The van der Waals surface area contributed by atoms with Gasteiger partial charge in [0, 0.05) is 19.0 Å². The number of aryl methyl sites for hydroxylation is 1. The highest BCUT2D eigenvalue weighted by atomic mass is 16.3. The van der Waals surface area contributed by atoms with Crippen LogP contribution in [0.5, 0.6) is 0 Å². The Hall–Kier alpha value is -1.88. The van der Waals surface area contributed by atoms with Crippen molar-refractivity contribution >= 4 is 5.69 Å². The smallest absolute Gasteiger partial charge is 0.134 e. The van der Waals surface area contributed by atoms with Crippen LogP contribution < -0.4 is 5.73 Å². The Balaban J connectivity index is 1.80. The summed E-state index contributed by atoms with van der Waals surface area (Å²) in [5.74, 6) is 0.451. The Bertz CT molecular complexity index is 597. The summed E-state index contributed by atoms with van der Waals surface area (Å²) in [5, 5.41) is 13.9. The van der Waals surface area contributed by atoms with E-state index in [0.29, 0.717) is 24.3 Å². The number of nitrogens with two attached hydrogens (primary N) is 1. The zero-order valence-electron chi connectivity index (χ0n) is 12.4. The quantitative estimate of drug-likeness (QED) is 0.909. The predicted molar refractivity (Wildman–Crippen MR) is 82.7 cm³/mol. The SMILES string of the molecule is Cc1ccc(-c2nn([C@H]3CC[C@H](CO)CC3)cc2N)nc1. The second-order valence-corrected chi connectivity index (χ2v) is 5.99. The average Bonchev–Trinajstić information content (AvgIpc) is 2.90. The van der Waals surface area contributed by atoms with Crippen LogP contribution in [0.15, 0.2) is 24.5 Å². The van der Waals surface area contributed by atoms with Gasteiger partial charge in [0.2, 0.25) is 0 Å². The van der Waals surface area contributed by atoms with Crippen LogP contribution in [-0.4, -0.2) is 26.5 Å². The van der Waals surface area contributed by atoms with Crippen molar-refractivity contribution in [2.24, 2.45) is 5.92 Å². The lowest BCUT2D eigenvalue weighted by molar-refractivity contribution is 0.165. The Morgan fingerprint density at radius 3 is 2.67 bits per heavy atom. The van der Waals surface area contributed by atoms with Crippen molar-refractivity contribution in [3.63, 3.8) is 0 Å². The fourth-order valence-corrected chi connectivity index (χ4v) is 2.99. The van der Waals surface area contributed by atoms with Crippen molar-refractivity contribution < 1.29 is 5.11 Å². The van der Waals surface area contributed by atoms with E-state index in [-0.39, 0.29) is 0 Å². The fraction of sp³-hybridized carbons (Fsp3) is 0.500. The number of rotatable bonds is 3. The van der Waals surface area contributed by atoms with Gasteiger partial charge in [-0.15, -0.1) is 0 Å². The molecule has 0 aliphatic heterocycles. The zero-order chi connectivity index (χ0) is 14.8. The van der Waals surface area contributed by atoms with E-state index in [2.05, 4.69) is 10.1 Å². The highest BCUT2D eigenvalue weighted by Gasteiger charge is 2.23. The minimum atomic E-state index is 0.298.